The average Bonchev–Trinajstić information content (AvgIpc) is 2.67. The van der Waals surface area contributed by atoms with Crippen LogP contribution in [-0.2, 0) is 11.2 Å². The van der Waals surface area contributed by atoms with E-state index in [1.807, 2.05) is 37.3 Å². The van der Waals surface area contributed by atoms with Crippen LogP contribution in [-0.4, -0.2) is 19.6 Å². The molecule has 0 aliphatic carbocycles. The van der Waals surface area contributed by atoms with Gasteiger partial charge >= 0.3 is 0 Å². The van der Waals surface area contributed by atoms with Crippen molar-refractivity contribution in [1.82, 2.24) is 0 Å². The smallest absolute Gasteiger partial charge is 0.266 e. The maximum atomic E-state index is 12.4. The number of nitrogens with one attached hydrogen (secondary N) is 1. The molecule has 0 aliphatic heterocycles. The molecule has 1 N–H and O–H groups in total. The largest absolute Gasteiger partial charge is 0.492 e. The van der Waals surface area contributed by atoms with E-state index < -0.39 is 5.91 Å². The number of nitriles is 1. The van der Waals surface area contributed by atoms with Crippen molar-refractivity contribution in [1.29, 1.82) is 5.26 Å². The van der Waals surface area contributed by atoms with Gasteiger partial charge in [0.1, 0.15) is 11.6 Å². The Morgan fingerprint density at radius 3 is 2.50 bits per heavy atom. The second-order valence-electron chi connectivity index (χ2n) is 5.49. The first-order valence-electron chi connectivity index (χ1n) is 8.44. The average molecular weight is 350 g/mol. The molecular formula is C21H22N2O3. The first-order valence-corrected chi connectivity index (χ1v) is 8.44. The molecule has 0 radical (unpaired) electrons. The van der Waals surface area contributed by atoms with E-state index in [-0.39, 0.29) is 5.57 Å². The SMILES string of the molecule is CCOc1cccc(/C=C(\C#N)C(=O)Nc2ccc(CC)cc2)c1OC. The molecule has 134 valence electrons. The summed E-state index contributed by atoms with van der Waals surface area (Å²) in [5.41, 5.74) is 2.41. The van der Waals surface area contributed by atoms with Crippen LogP contribution in [0.4, 0.5) is 5.69 Å². The van der Waals surface area contributed by atoms with Crippen molar-refractivity contribution >= 4 is 17.7 Å². The Morgan fingerprint density at radius 1 is 1.19 bits per heavy atom. The second-order valence-corrected chi connectivity index (χ2v) is 5.49. The summed E-state index contributed by atoms with van der Waals surface area (Å²) in [7, 11) is 1.52. The highest BCUT2D eigenvalue weighted by Gasteiger charge is 2.13. The van der Waals surface area contributed by atoms with Crippen LogP contribution < -0.4 is 14.8 Å². The third-order valence-corrected chi connectivity index (χ3v) is 3.80. The van der Waals surface area contributed by atoms with E-state index in [0.717, 1.165) is 6.42 Å². The summed E-state index contributed by atoms with van der Waals surface area (Å²) >= 11 is 0. The summed E-state index contributed by atoms with van der Waals surface area (Å²) in [6, 6.07) is 14.8. The molecule has 5 heteroatoms. The van der Waals surface area contributed by atoms with E-state index in [2.05, 4.69) is 12.2 Å². The van der Waals surface area contributed by atoms with Crippen molar-refractivity contribution in [3.63, 3.8) is 0 Å². The zero-order valence-electron chi connectivity index (χ0n) is 15.2. The number of para-hydroxylation sites is 1. The van der Waals surface area contributed by atoms with Crippen LogP contribution in [0.25, 0.3) is 6.08 Å². The zero-order valence-corrected chi connectivity index (χ0v) is 15.2. The Kier molecular flexibility index (Phi) is 6.81. The fourth-order valence-corrected chi connectivity index (χ4v) is 2.46. The highest BCUT2D eigenvalue weighted by molar-refractivity contribution is 6.09. The molecule has 2 aromatic rings. The highest BCUT2D eigenvalue weighted by Crippen LogP contribution is 2.32. The number of anilines is 1. The quantitative estimate of drug-likeness (QED) is 0.600. The molecule has 0 heterocycles. The molecule has 0 bridgehead atoms. The topological polar surface area (TPSA) is 71.3 Å². The van der Waals surface area contributed by atoms with Crippen LogP contribution >= 0.6 is 0 Å². The molecule has 0 aliphatic rings. The molecule has 1 amide bonds. The Balaban J connectivity index is 2.28. The molecule has 0 aromatic heterocycles. The Morgan fingerprint density at radius 2 is 1.92 bits per heavy atom. The van der Waals surface area contributed by atoms with Gasteiger partial charge < -0.3 is 14.8 Å². The Labute approximate surface area is 153 Å². The van der Waals surface area contributed by atoms with Crippen LogP contribution in [0.3, 0.4) is 0 Å². The summed E-state index contributed by atoms with van der Waals surface area (Å²) in [6.07, 6.45) is 2.42. The minimum atomic E-state index is -0.472. The first kappa shape index (κ1) is 19.1. The highest BCUT2D eigenvalue weighted by atomic mass is 16.5. The van der Waals surface area contributed by atoms with Crippen LogP contribution in [0.1, 0.15) is 25.0 Å². The van der Waals surface area contributed by atoms with Gasteiger partial charge in [0.25, 0.3) is 5.91 Å². The number of amides is 1. The van der Waals surface area contributed by atoms with Gasteiger partial charge in [-0.05, 0) is 43.2 Å². The van der Waals surface area contributed by atoms with Gasteiger partial charge in [-0.3, -0.25) is 4.79 Å². The van der Waals surface area contributed by atoms with Crippen molar-refractivity contribution in [3.8, 4) is 17.6 Å². The number of hydrogen-bond donors (Lipinski definition) is 1. The number of carbonyl (C=O) groups is 1. The minimum absolute atomic E-state index is 0.0171. The molecule has 2 aromatic carbocycles. The predicted molar refractivity (Wildman–Crippen MR) is 102 cm³/mol. The third-order valence-electron chi connectivity index (χ3n) is 3.80. The number of hydrogen-bond acceptors (Lipinski definition) is 4. The molecule has 0 saturated carbocycles. The number of ether oxygens (including phenoxy) is 2. The Hall–Kier alpha value is -3.26. The minimum Gasteiger partial charge on any atom is -0.492 e. The third kappa shape index (κ3) is 4.64. The zero-order chi connectivity index (χ0) is 18.9. The lowest BCUT2D eigenvalue weighted by Crippen LogP contribution is -2.13. The molecule has 0 saturated heterocycles. The molecule has 2 rings (SSSR count). The molecule has 0 fully saturated rings. The molecule has 0 spiro atoms. The van der Waals surface area contributed by atoms with Gasteiger partial charge in [0.05, 0.1) is 13.7 Å². The Bertz CT molecular complexity index is 833. The van der Waals surface area contributed by atoms with Crippen molar-refractivity contribution < 1.29 is 14.3 Å². The lowest BCUT2D eigenvalue weighted by molar-refractivity contribution is -0.112. The molecule has 0 unspecified atom stereocenters. The van der Waals surface area contributed by atoms with Crippen molar-refractivity contribution in [2.75, 3.05) is 19.0 Å². The fraction of sp³-hybridized carbons (Fsp3) is 0.238. The maximum absolute atomic E-state index is 12.4. The van der Waals surface area contributed by atoms with E-state index in [1.54, 1.807) is 18.2 Å². The van der Waals surface area contributed by atoms with E-state index in [9.17, 15) is 10.1 Å². The van der Waals surface area contributed by atoms with Crippen LogP contribution in [0, 0.1) is 11.3 Å². The van der Waals surface area contributed by atoms with E-state index in [4.69, 9.17) is 9.47 Å². The van der Waals surface area contributed by atoms with E-state index in [1.165, 1.54) is 18.7 Å². The fourth-order valence-electron chi connectivity index (χ4n) is 2.46. The van der Waals surface area contributed by atoms with E-state index >= 15 is 0 Å². The number of aryl methyl sites for hydroxylation is 1. The second kappa shape index (κ2) is 9.28. The summed E-state index contributed by atoms with van der Waals surface area (Å²) < 4.78 is 10.9. The van der Waals surface area contributed by atoms with Crippen molar-refractivity contribution in [2.45, 2.75) is 20.3 Å². The van der Waals surface area contributed by atoms with E-state index in [0.29, 0.717) is 29.4 Å². The summed E-state index contributed by atoms with van der Waals surface area (Å²) in [5.74, 6) is 0.583. The summed E-state index contributed by atoms with van der Waals surface area (Å²) in [6.45, 7) is 4.43. The van der Waals surface area contributed by atoms with Gasteiger partial charge in [0.15, 0.2) is 11.5 Å². The van der Waals surface area contributed by atoms with Gasteiger partial charge in [-0.2, -0.15) is 5.26 Å². The van der Waals surface area contributed by atoms with Crippen LogP contribution in [0.5, 0.6) is 11.5 Å². The number of nitrogens with zero attached hydrogens (tertiary/aromatic N) is 1. The number of methoxy groups -OCH3 is 1. The van der Waals surface area contributed by atoms with Gasteiger partial charge in [-0.25, -0.2) is 0 Å². The molecule has 5 nitrogen and oxygen atoms in total. The number of rotatable bonds is 7. The normalized spacial score (nSPS) is 10.8. The summed E-state index contributed by atoms with van der Waals surface area (Å²) in [4.78, 5) is 12.4. The standard InChI is InChI=1S/C21H22N2O3/c1-4-15-9-11-18(12-10-15)23-21(24)17(14-22)13-16-7-6-8-19(26-5-2)20(16)25-3/h6-13H,4-5H2,1-3H3,(H,23,24)/b17-13+. The summed E-state index contributed by atoms with van der Waals surface area (Å²) in [5, 5.41) is 12.1. The molecular weight excluding hydrogens is 328 g/mol. The molecule has 0 atom stereocenters. The maximum Gasteiger partial charge on any atom is 0.266 e. The molecule has 26 heavy (non-hydrogen) atoms. The van der Waals surface area contributed by atoms with Crippen LogP contribution in [0.2, 0.25) is 0 Å². The lowest BCUT2D eigenvalue weighted by Gasteiger charge is -2.12. The lowest BCUT2D eigenvalue weighted by atomic mass is 10.1. The van der Waals surface area contributed by atoms with Gasteiger partial charge in [0.2, 0.25) is 0 Å². The monoisotopic (exact) mass is 350 g/mol. The van der Waals surface area contributed by atoms with Gasteiger partial charge in [-0.1, -0.05) is 31.2 Å². The number of benzene rings is 2. The van der Waals surface area contributed by atoms with Gasteiger partial charge in [-0.15, -0.1) is 0 Å². The predicted octanol–water partition coefficient (Wildman–Crippen LogP) is 4.20. The first-order chi connectivity index (χ1) is 12.6. The van der Waals surface area contributed by atoms with Crippen LogP contribution in [0.15, 0.2) is 48.0 Å². The van der Waals surface area contributed by atoms with Crippen molar-refractivity contribution in [3.05, 3.63) is 59.2 Å². The number of carbonyl (C=O) groups excluding carboxylic acids is 1. The van der Waals surface area contributed by atoms with Gasteiger partial charge in [0, 0.05) is 11.3 Å². The van der Waals surface area contributed by atoms with Crippen molar-refractivity contribution in [2.24, 2.45) is 0 Å².